The summed E-state index contributed by atoms with van der Waals surface area (Å²) in [5, 5.41) is 0. The fraction of sp³-hybridized carbons (Fsp3) is 0.778. The van der Waals surface area contributed by atoms with Crippen molar-refractivity contribution in [3.8, 4) is 11.5 Å². The van der Waals surface area contributed by atoms with Gasteiger partial charge in [0.25, 0.3) is 0 Å². The molecular weight excluding hydrogens is 263 g/mol. The Balaban J connectivity index is 4.28. The van der Waals surface area contributed by atoms with Crippen LogP contribution in [0, 0.1) is 11.5 Å². The summed E-state index contributed by atoms with van der Waals surface area (Å²) >= 11 is 2.33. The third-order valence-corrected chi connectivity index (χ3v) is 7.60. The van der Waals surface area contributed by atoms with Gasteiger partial charge in [0, 0.05) is 0 Å². The van der Waals surface area contributed by atoms with Crippen LogP contribution in [0.3, 0.4) is 0 Å². The number of hydrogen-bond acceptors (Lipinski definition) is 0. The second kappa shape index (κ2) is 6.07. The minimum Gasteiger partial charge on any atom is -0.130 e. The topological polar surface area (TPSA) is 0 Å². The summed E-state index contributed by atoms with van der Waals surface area (Å²) in [7, 11) is -1.10. The molecule has 0 radical (unpaired) electrons. The van der Waals surface area contributed by atoms with Gasteiger partial charge in [0.15, 0.2) is 0 Å². The smallest absolute Gasteiger partial charge is 0.130 e. The maximum absolute atomic E-state index is 3.51. The van der Waals surface area contributed by atoms with Crippen molar-refractivity contribution in [2.75, 3.05) is 4.43 Å². The van der Waals surface area contributed by atoms with Crippen LogP contribution in [-0.4, -0.2) is 12.5 Å². The average molecular weight is 280 g/mol. The Morgan fingerprint density at radius 3 is 1.82 bits per heavy atom. The van der Waals surface area contributed by atoms with Gasteiger partial charge in [-0.3, -0.25) is 0 Å². The Morgan fingerprint density at radius 2 is 1.55 bits per heavy atom. The van der Waals surface area contributed by atoms with Crippen LogP contribution in [0.25, 0.3) is 0 Å². The molecule has 2 heteroatoms. The Bertz CT molecular complexity index is 142. The first-order valence-corrected chi connectivity index (χ1v) is 8.45. The van der Waals surface area contributed by atoms with Crippen molar-refractivity contribution in [3.63, 3.8) is 0 Å². The molecule has 0 bridgehead atoms. The fourth-order valence-corrected chi connectivity index (χ4v) is 4.28. The lowest BCUT2D eigenvalue weighted by Crippen LogP contribution is -2.29. The van der Waals surface area contributed by atoms with Gasteiger partial charge >= 0.3 is 0 Å². The third-order valence-electron chi connectivity index (χ3n) is 2.45. The van der Waals surface area contributed by atoms with Crippen LogP contribution < -0.4 is 0 Å². The van der Waals surface area contributed by atoms with Gasteiger partial charge in [0.1, 0.15) is 8.07 Å². The minimum absolute atomic E-state index is 0.993. The van der Waals surface area contributed by atoms with E-state index in [0.717, 1.165) is 4.43 Å². The predicted molar refractivity (Wildman–Crippen MR) is 63.9 cm³/mol. The van der Waals surface area contributed by atoms with Gasteiger partial charge < -0.3 is 0 Å². The van der Waals surface area contributed by atoms with E-state index in [-0.39, 0.29) is 0 Å². The fourth-order valence-electron chi connectivity index (χ4n) is 1.24. The normalized spacial score (nSPS) is 10.5. The Hall–Kier alpha value is 0.507. The lowest BCUT2D eigenvalue weighted by atomic mass is 10.8. The summed E-state index contributed by atoms with van der Waals surface area (Å²) in [4.78, 5) is 0. The summed E-state index contributed by atoms with van der Waals surface area (Å²) < 4.78 is 0.993. The Kier molecular flexibility index (Phi) is 6.35. The first kappa shape index (κ1) is 11.5. The number of rotatable bonds is 3. The average Bonchev–Trinajstić information content (AvgIpc) is 2.08. The van der Waals surface area contributed by atoms with Crippen LogP contribution in [0.5, 0.6) is 0 Å². The zero-order valence-corrected chi connectivity index (χ0v) is 10.9. The zero-order chi connectivity index (χ0) is 8.74. The highest BCUT2D eigenvalue weighted by Crippen LogP contribution is 2.18. The molecule has 0 atom stereocenters. The molecule has 0 aromatic rings. The van der Waals surface area contributed by atoms with E-state index in [0.29, 0.717) is 0 Å². The van der Waals surface area contributed by atoms with Crippen LogP contribution in [0.1, 0.15) is 20.8 Å². The first-order chi connectivity index (χ1) is 5.24. The lowest BCUT2D eigenvalue weighted by Gasteiger charge is -2.19. The van der Waals surface area contributed by atoms with E-state index in [1.807, 2.05) is 0 Å². The molecule has 0 spiro atoms. The van der Waals surface area contributed by atoms with Crippen molar-refractivity contribution in [2.45, 2.75) is 38.9 Å². The molecule has 0 heterocycles. The first-order valence-electron chi connectivity index (χ1n) is 4.30. The van der Waals surface area contributed by atoms with Crippen molar-refractivity contribution in [3.05, 3.63) is 0 Å². The Morgan fingerprint density at radius 1 is 1.09 bits per heavy atom. The van der Waals surface area contributed by atoms with Gasteiger partial charge in [-0.15, -0.1) is 5.54 Å². The standard InChI is InChI=1S/C9H17ISi/c1-4-11(5-2,6-3)9-7-8-10/h4-6,8H2,1-3H3. The highest BCUT2D eigenvalue weighted by molar-refractivity contribution is 14.1. The Labute approximate surface area is 85.3 Å². The molecule has 0 nitrogen and oxygen atoms in total. The SMILES string of the molecule is CC[Si](C#CCI)(CC)CC. The van der Waals surface area contributed by atoms with E-state index in [2.05, 4.69) is 54.8 Å². The molecule has 0 rings (SSSR count). The number of alkyl halides is 1. The van der Waals surface area contributed by atoms with E-state index >= 15 is 0 Å². The minimum atomic E-state index is -1.10. The van der Waals surface area contributed by atoms with E-state index < -0.39 is 8.07 Å². The van der Waals surface area contributed by atoms with Crippen molar-refractivity contribution < 1.29 is 0 Å². The zero-order valence-electron chi connectivity index (χ0n) is 7.71. The molecule has 0 aliphatic heterocycles. The molecule has 0 aromatic carbocycles. The van der Waals surface area contributed by atoms with Crippen LogP contribution in [-0.2, 0) is 0 Å². The molecule has 0 aliphatic rings. The molecule has 0 fully saturated rings. The highest BCUT2D eigenvalue weighted by atomic mass is 127. The second-order valence-corrected chi connectivity index (χ2v) is 8.47. The molecule has 11 heavy (non-hydrogen) atoms. The molecule has 0 N–H and O–H groups in total. The molecule has 0 saturated carbocycles. The molecule has 0 aromatic heterocycles. The van der Waals surface area contributed by atoms with Gasteiger partial charge in [-0.1, -0.05) is 49.3 Å². The van der Waals surface area contributed by atoms with Gasteiger partial charge in [0.2, 0.25) is 0 Å². The molecular formula is C9H17ISi. The van der Waals surface area contributed by atoms with Gasteiger partial charge in [-0.05, 0) is 18.1 Å². The molecule has 0 aliphatic carbocycles. The van der Waals surface area contributed by atoms with E-state index in [1.54, 1.807) is 0 Å². The predicted octanol–water partition coefficient (Wildman–Crippen LogP) is 3.47. The van der Waals surface area contributed by atoms with Gasteiger partial charge in [0.05, 0.1) is 4.43 Å². The number of hydrogen-bond donors (Lipinski definition) is 0. The number of halogens is 1. The van der Waals surface area contributed by atoms with Crippen molar-refractivity contribution in [1.29, 1.82) is 0 Å². The second-order valence-electron chi connectivity index (χ2n) is 2.78. The van der Waals surface area contributed by atoms with Crippen molar-refractivity contribution >= 4 is 30.7 Å². The molecule has 0 saturated heterocycles. The highest BCUT2D eigenvalue weighted by Gasteiger charge is 2.23. The van der Waals surface area contributed by atoms with Gasteiger partial charge in [-0.2, -0.15) is 0 Å². The molecule has 64 valence electrons. The van der Waals surface area contributed by atoms with E-state index in [1.165, 1.54) is 18.1 Å². The summed E-state index contributed by atoms with van der Waals surface area (Å²) in [5.74, 6) is 3.24. The summed E-state index contributed by atoms with van der Waals surface area (Å²) in [6.45, 7) is 6.88. The van der Waals surface area contributed by atoms with Crippen LogP contribution in [0.4, 0.5) is 0 Å². The monoisotopic (exact) mass is 280 g/mol. The van der Waals surface area contributed by atoms with Crippen molar-refractivity contribution in [1.82, 2.24) is 0 Å². The van der Waals surface area contributed by atoms with Crippen LogP contribution >= 0.6 is 22.6 Å². The largest absolute Gasteiger partial charge is 0.137 e. The van der Waals surface area contributed by atoms with Gasteiger partial charge in [-0.25, -0.2) is 0 Å². The maximum Gasteiger partial charge on any atom is 0.137 e. The van der Waals surface area contributed by atoms with E-state index in [9.17, 15) is 0 Å². The molecule has 0 unspecified atom stereocenters. The van der Waals surface area contributed by atoms with Crippen LogP contribution in [0.15, 0.2) is 0 Å². The lowest BCUT2D eigenvalue weighted by molar-refractivity contribution is 1.20. The summed E-state index contributed by atoms with van der Waals surface area (Å²) in [5.41, 5.74) is 3.51. The van der Waals surface area contributed by atoms with Crippen molar-refractivity contribution in [2.24, 2.45) is 0 Å². The maximum atomic E-state index is 3.51. The quantitative estimate of drug-likeness (QED) is 0.321. The third kappa shape index (κ3) is 3.61. The molecule has 0 amide bonds. The van der Waals surface area contributed by atoms with E-state index in [4.69, 9.17) is 0 Å². The summed E-state index contributed by atoms with van der Waals surface area (Å²) in [6, 6.07) is 3.97. The summed E-state index contributed by atoms with van der Waals surface area (Å²) in [6.07, 6.45) is 0. The van der Waals surface area contributed by atoms with Crippen LogP contribution in [0.2, 0.25) is 18.1 Å².